The predicted molar refractivity (Wildman–Crippen MR) is 88.7 cm³/mol. The largest absolute Gasteiger partial charge is 0.495 e. The number of halogens is 1. The van der Waals surface area contributed by atoms with Gasteiger partial charge < -0.3 is 10.5 Å². The zero-order chi connectivity index (χ0) is 15.4. The van der Waals surface area contributed by atoms with Gasteiger partial charge in [-0.3, -0.25) is 4.90 Å². The first-order valence-corrected chi connectivity index (χ1v) is 7.27. The highest BCUT2D eigenvalue weighted by Gasteiger charge is 2.15. The van der Waals surface area contributed by atoms with E-state index in [-0.39, 0.29) is 6.04 Å². The highest BCUT2D eigenvalue weighted by Crippen LogP contribution is 2.28. The predicted octanol–water partition coefficient (Wildman–Crippen LogP) is 4.12. The molecule has 0 saturated heterocycles. The van der Waals surface area contributed by atoms with E-state index in [1.54, 1.807) is 7.11 Å². The Balaban J connectivity index is 2.12. The van der Waals surface area contributed by atoms with Crippen LogP contribution in [0.2, 0.25) is 5.02 Å². The van der Waals surface area contributed by atoms with Gasteiger partial charge in [0.1, 0.15) is 5.75 Å². The fourth-order valence-corrected chi connectivity index (χ4v) is 2.65. The highest BCUT2D eigenvalue weighted by atomic mass is 35.5. The Morgan fingerprint density at radius 3 is 2.57 bits per heavy atom. The van der Waals surface area contributed by atoms with Gasteiger partial charge >= 0.3 is 0 Å². The zero-order valence-electron chi connectivity index (χ0n) is 12.6. The second-order valence-electron chi connectivity index (χ2n) is 5.19. The number of anilines is 1. The summed E-state index contributed by atoms with van der Waals surface area (Å²) in [5.74, 6) is 0.709. The van der Waals surface area contributed by atoms with Crippen molar-refractivity contribution in [3.63, 3.8) is 0 Å². The van der Waals surface area contributed by atoms with E-state index in [0.29, 0.717) is 11.4 Å². The van der Waals surface area contributed by atoms with Crippen LogP contribution in [0.1, 0.15) is 24.1 Å². The van der Waals surface area contributed by atoms with Crippen LogP contribution in [0, 0.1) is 0 Å². The molecule has 0 radical (unpaired) electrons. The molecule has 0 spiro atoms. The van der Waals surface area contributed by atoms with Gasteiger partial charge in [0.05, 0.1) is 12.8 Å². The lowest BCUT2D eigenvalue weighted by molar-refractivity contribution is 0.253. The summed E-state index contributed by atoms with van der Waals surface area (Å²) in [5.41, 5.74) is 8.89. The van der Waals surface area contributed by atoms with Crippen LogP contribution in [0.3, 0.4) is 0 Å². The minimum absolute atomic E-state index is 0.224. The molecule has 2 N–H and O–H groups in total. The number of nitrogen functional groups attached to an aromatic ring is 1. The number of nitrogens with zero attached hydrogens (tertiary/aromatic N) is 1. The van der Waals surface area contributed by atoms with E-state index in [1.165, 1.54) is 0 Å². The molecular formula is C17H21ClN2O. The summed E-state index contributed by atoms with van der Waals surface area (Å²) in [4.78, 5) is 2.24. The second-order valence-corrected chi connectivity index (χ2v) is 5.60. The van der Waals surface area contributed by atoms with Crippen LogP contribution in [0.5, 0.6) is 5.75 Å². The normalized spacial score (nSPS) is 12.4. The first-order chi connectivity index (χ1) is 10.0. The van der Waals surface area contributed by atoms with Gasteiger partial charge in [0.2, 0.25) is 0 Å². The van der Waals surface area contributed by atoms with E-state index in [1.807, 2.05) is 36.4 Å². The molecule has 4 heteroatoms. The topological polar surface area (TPSA) is 38.5 Å². The summed E-state index contributed by atoms with van der Waals surface area (Å²) in [6.45, 7) is 2.94. The van der Waals surface area contributed by atoms with Crippen LogP contribution in [0.25, 0.3) is 0 Å². The average Bonchev–Trinajstić information content (AvgIpc) is 2.47. The summed E-state index contributed by atoms with van der Waals surface area (Å²) < 4.78 is 5.18. The van der Waals surface area contributed by atoms with Crippen molar-refractivity contribution in [1.29, 1.82) is 0 Å². The Labute approximate surface area is 131 Å². The fraction of sp³-hybridized carbons (Fsp3) is 0.294. The molecule has 0 bridgehead atoms. The SMILES string of the molecule is COc1ccc(CN(C)C(C)c2ccccc2Cl)cc1N. The highest BCUT2D eigenvalue weighted by molar-refractivity contribution is 6.31. The first kappa shape index (κ1) is 15.7. The molecule has 1 unspecified atom stereocenters. The zero-order valence-corrected chi connectivity index (χ0v) is 13.4. The summed E-state index contributed by atoms with van der Waals surface area (Å²) in [6, 6.07) is 14.1. The van der Waals surface area contributed by atoms with Gasteiger partial charge in [-0.2, -0.15) is 0 Å². The fourth-order valence-electron chi connectivity index (χ4n) is 2.36. The minimum Gasteiger partial charge on any atom is -0.495 e. The third kappa shape index (κ3) is 3.69. The first-order valence-electron chi connectivity index (χ1n) is 6.90. The number of benzene rings is 2. The molecule has 0 amide bonds. The third-order valence-electron chi connectivity index (χ3n) is 3.74. The number of rotatable bonds is 5. The Hall–Kier alpha value is -1.71. The van der Waals surface area contributed by atoms with Crippen LogP contribution >= 0.6 is 11.6 Å². The molecule has 0 heterocycles. The van der Waals surface area contributed by atoms with Crippen molar-refractivity contribution in [2.45, 2.75) is 19.5 Å². The van der Waals surface area contributed by atoms with Crippen LogP contribution in [0.4, 0.5) is 5.69 Å². The molecule has 0 saturated carbocycles. The van der Waals surface area contributed by atoms with Crippen LogP contribution < -0.4 is 10.5 Å². The van der Waals surface area contributed by atoms with Gasteiger partial charge in [-0.25, -0.2) is 0 Å². The van der Waals surface area contributed by atoms with E-state index >= 15 is 0 Å². The Morgan fingerprint density at radius 2 is 1.95 bits per heavy atom. The summed E-state index contributed by atoms with van der Waals surface area (Å²) in [6.07, 6.45) is 0. The molecule has 2 rings (SSSR count). The van der Waals surface area contributed by atoms with Crippen molar-refractivity contribution >= 4 is 17.3 Å². The van der Waals surface area contributed by atoms with Gasteiger partial charge in [-0.15, -0.1) is 0 Å². The molecule has 0 fully saturated rings. The number of methoxy groups -OCH3 is 1. The maximum Gasteiger partial charge on any atom is 0.141 e. The number of hydrogen-bond acceptors (Lipinski definition) is 3. The number of nitrogens with two attached hydrogens (primary N) is 1. The van der Waals surface area contributed by atoms with Gasteiger partial charge in [-0.1, -0.05) is 35.9 Å². The standard InChI is InChI=1S/C17H21ClN2O/c1-12(14-6-4-5-7-15(14)18)20(2)11-13-8-9-17(21-3)16(19)10-13/h4-10,12H,11,19H2,1-3H3. The summed E-state index contributed by atoms with van der Waals surface area (Å²) in [5, 5.41) is 0.797. The van der Waals surface area contributed by atoms with E-state index in [9.17, 15) is 0 Å². The molecule has 0 aromatic heterocycles. The van der Waals surface area contributed by atoms with Crippen molar-refractivity contribution < 1.29 is 4.74 Å². The Kier molecular flexibility index (Phi) is 5.10. The quantitative estimate of drug-likeness (QED) is 0.844. The lowest BCUT2D eigenvalue weighted by Gasteiger charge is -2.26. The molecule has 3 nitrogen and oxygen atoms in total. The van der Waals surface area contributed by atoms with Gasteiger partial charge in [0.15, 0.2) is 0 Å². The van der Waals surface area contributed by atoms with Crippen LogP contribution in [0.15, 0.2) is 42.5 Å². The molecule has 1 atom stereocenters. The van der Waals surface area contributed by atoms with Crippen molar-refractivity contribution in [3.8, 4) is 5.75 Å². The maximum absolute atomic E-state index is 6.27. The average molecular weight is 305 g/mol. The van der Waals surface area contributed by atoms with Crippen LogP contribution in [-0.4, -0.2) is 19.1 Å². The Morgan fingerprint density at radius 1 is 1.24 bits per heavy atom. The van der Waals surface area contributed by atoms with E-state index < -0.39 is 0 Å². The molecule has 0 aliphatic rings. The Bertz CT molecular complexity index is 615. The van der Waals surface area contributed by atoms with Crippen molar-refractivity contribution in [2.75, 3.05) is 19.9 Å². The van der Waals surface area contributed by atoms with Crippen molar-refractivity contribution in [2.24, 2.45) is 0 Å². The lowest BCUT2D eigenvalue weighted by Crippen LogP contribution is -2.22. The monoisotopic (exact) mass is 304 g/mol. The van der Waals surface area contributed by atoms with E-state index in [0.717, 1.165) is 22.7 Å². The maximum atomic E-state index is 6.27. The van der Waals surface area contributed by atoms with Crippen molar-refractivity contribution in [1.82, 2.24) is 4.90 Å². The lowest BCUT2D eigenvalue weighted by atomic mass is 10.1. The van der Waals surface area contributed by atoms with Gasteiger partial charge in [-0.05, 0) is 43.3 Å². The van der Waals surface area contributed by atoms with Crippen LogP contribution in [-0.2, 0) is 6.54 Å². The number of hydrogen-bond donors (Lipinski definition) is 1. The molecule has 112 valence electrons. The van der Waals surface area contributed by atoms with Gasteiger partial charge in [0.25, 0.3) is 0 Å². The van der Waals surface area contributed by atoms with E-state index in [4.69, 9.17) is 22.1 Å². The second kappa shape index (κ2) is 6.83. The van der Waals surface area contributed by atoms with Gasteiger partial charge in [0, 0.05) is 17.6 Å². The molecule has 2 aromatic carbocycles. The van der Waals surface area contributed by atoms with Crippen molar-refractivity contribution in [3.05, 3.63) is 58.6 Å². The molecule has 0 aliphatic carbocycles. The third-order valence-corrected chi connectivity index (χ3v) is 4.09. The summed E-state index contributed by atoms with van der Waals surface area (Å²) in [7, 11) is 3.70. The molecule has 0 aliphatic heterocycles. The van der Waals surface area contributed by atoms with E-state index in [2.05, 4.69) is 24.9 Å². The molecule has 2 aromatic rings. The molecule has 21 heavy (non-hydrogen) atoms. The minimum atomic E-state index is 0.224. The summed E-state index contributed by atoms with van der Waals surface area (Å²) >= 11 is 6.27. The smallest absolute Gasteiger partial charge is 0.141 e. The molecular weight excluding hydrogens is 284 g/mol. The number of ether oxygens (including phenoxy) is 1.